The van der Waals surface area contributed by atoms with Gasteiger partial charge in [0.1, 0.15) is 23.6 Å². The molecule has 1 aliphatic rings. The van der Waals surface area contributed by atoms with Crippen LogP contribution >= 0.6 is 15.9 Å². The lowest BCUT2D eigenvalue weighted by Crippen LogP contribution is -2.35. The maximum absolute atomic E-state index is 7.09. The van der Waals surface area contributed by atoms with Crippen LogP contribution in [0.15, 0.2) is 35.3 Å². The predicted octanol–water partition coefficient (Wildman–Crippen LogP) is 3.38. The summed E-state index contributed by atoms with van der Waals surface area (Å²) >= 11 is 3.54. The number of likely N-dealkylation sites (N-methyl/N-ethyl adjacent to an activating group) is 1. The Bertz CT molecular complexity index is 961. The molecule has 3 aromatic rings. The summed E-state index contributed by atoms with van der Waals surface area (Å²) < 4.78 is 0.844. The normalized spacial score (nSPS) is 17.0. The number of fused-ring (bicyclic) bond motifs is 1. The minimum atomic E-state index is 0.326. The van der Waals surface area contributed by atoms with E-state index in [0.717, 1.165) is 46.7 Å². The van der Waals surface area contributed by atoms with Gasteiger partial charge in [-0.25, -0.2) is 19.8 Å². The number of H-pyrrole nitrogens is 1. The first-order chi connectivity index (χ1) is 12.2. The van der Waals surface area contributed by atoms with Crippen LogP contribution in [0.25, 0.3) is 15.9 Å². The maximum Gasteiger partial charge on any atom is 0.206 e. The Labute approximate surface area is 153 Å². The maximum atomic E-state index is 7.09. The van der Waals surface area contributed by atoms with Crippen LogP contribution in [0.3, 0.4) is 0 Å². The molecule has 8 heteroatoms. The van der Waals surface area contributed by atoms with Crippen LogP contribution in [-0.4, -0.2) is 46.1 Å². The van der Waals surface area contributed by atoms with E-state index in [1.54, 1.807) is 12.5 Å². The fourth-order valence-electron chi connectivity index (χ4n) is 3.28. The molecule has 1 saturated heterocycles. The molecule has 1 N–H and O–H groups in total. The van der Waals surface area contributed by atoms with E-state index in [9.17, 15) is 0 Å². The summed E-state index contributed by atoms with van der Waals surface area (Å²) in [6.45, 7) is 8.89. The first kappa shape index (κ1) is 15.8. The second-order valence-electron chi connectivity index (χ2n) is 6.05. The molecule has 1 fully saturated rings. The van der Waals surface area contributed by atoms with Crippen LogP contribution in [0.4, 0.5) is 17.3 Å². The first-order valence-electron chi connectivity index (χ1n) is 7.96. The number of halogens is 1. The molecule has 0 aliphatic carbocycles. The largest absolute Gasteiger partial charge is 0.354 e. The molecule has 1 aliphatic heterocycles. The van der Waals surface area contributed by atoms with Crippen LogP contribution in [-0.2, 0) is 0 Å². The van der Waals surface area contributed by atoms with E-state index in [1.165, 1.54) is 0 Å². The third-order valence-electron chi connectivity index (χ3n) is 4.61. The number of nitrogens with one attached hydrogen (secondary N) is 1. The Morgan fingerprint density at radius 1 is 1.40 bits per heavy atom. The van der Waals surface area contributed by atoms with Crippen molar-refractivity contribution >= 4 is 44.3 Å². The molecule has 0 saturated carbocycles. The fourth-order valence-corrected chi connectivity index (χ4v) is 3.89. The zero-order chi connectivity index (χ0) is 17.4. The summed E-state index contributed by atoms with van der Waals surface area (Å²) in [6, 6.07) is 4.15. The van der Waals surface area contributed by atoms with Crippen LogP contribution in [0, 0.1) is 6.57 Å². The van der Waals surface area contributed by atoms with Crippen molar-refractivity contribution in [1.82, 2.24) is 19.9 Å². The van der Waals surface area contributed by atoms with Crippen molar-refractivity contribution in [2.75, 3.05) is 29.9 Å². The van der Waals surface area contributed by atoms with Gasteiger partial charge in [-0.2, -0.15) is 0 Å². The van der Waals surface area contributed by atoms with E-state index in [2.05, 4.69) is 50.5 Å². The number of aromatic nitrogens is 4. The average Bonchev–Trinajstić information content (AvgIpc) is 3.30. The van der Waals surface area contributed by atoms with Gasteiger partial charge in [-0.15, -0.1) is 0 Å². The Balaban J connectivity index is 1.56. The Hall–Kier alpha value is -2.66. The molecular formula is C17H16BrN7. The van der Waals surface area contributed by atoms with Crippen molar-refractivity contribution in [3.8, 4) is 0 Å². The lowest BCUT2D eigenvalue weighted by molar-refractivity contribution is 0.683. The lowest BCUT2D eigenvalue weighted by atomic mass is 10.2. The fraction of sp³-hybridized carbons (Fsp3) is 0.294. The second-order valence-corrected chi connectivity index (χ2v) is 6.90. The molecule has 0 bridgehead atoms. The molecule has 0 amide bonds. The highest BCUT2D eigenvalue weighted by Gasteiger charge is 2.29. The van der Waals surface area contributed by atoms with E-state index < -0.39 is 0 Å². The SMILES string of the molecule is [C-]#[N+]c1cnc(N(C)[C@@H]2CCN(c3ncnc4[nH]ccc34)C2)c(Br)c1. The van der Waals surface area contributed by atoms with Crippen molar-refractivity contribution in [2.45, 2.75) is 12.5 Å². The van der Waals surface area contributed by atoms with E-state index in [-0.39, 0.29) is 0 Å². The standard InChI is InChI=1S/C17H16BrN7/c1-19-11-7-14(18)17(21-8-11)24(2)12-4-6-25(9-12)16-13-3-5-20-15(13)22-10-23-16/h3,5,7-8,10,12H,4,6,9H2,2H3,(H,20,22,23)/t12-/m1/s1. The van der Waals surface area contributed by atoms with Gasteiger partial charge >= 0.3 is 0 Å². The highest BCUT2D eigenvalue weighted by molar-refractivity contribution is 9.10. The van der Waals surface area contributed by atoms with Gasteiger partial charge < -0.3 is 14.8 Å². The molecule has 3 aromatic heterocycles. The van der Waals surface area contributed by atoms with Gasteiger partial charge in [0.25, 0.3) is 0 Å². The quantitative estimate of drug-likeness (QED) is 0.686. The molecule has 7 nitrogen and oxygen atoms in total. The number of hydrogen-bond donors (Lipinski definition) is 1. The average molecular weight is 398 g/mol. The highest BCUT2D eigenvalue weighted by atomic mass is 79.9. The summed E-state index contributed by atoms with van der Waals surface area (Å²) in [7, 11) is 2.05. The van der Waals surface area contributed by atoms with Gasteiger partial charge in [-0.1, -0.05) is 0 Å². The molecule has 0 radical (unpaired) electrons. The van der Waals surface area contributed by atoms with Gasteiger partial charge in [0.15, 0.2) is 0 Å². The van der Waals surface area contributed by atoms with Crippen molar-refractivity contribution in [1.29, 1.82) is 0 Å². The highest BCUT2D eigenvalue weighted by Crippen LogP contribution is 2.32. The minimum absolute atomic E-state index is 0.326. The summed E-state index contributed by atoms with van der Waals surface area (Å²) in [5.74, 6) is 1.83. The van der Waals surface area contributed by atoms with Crippen LogP contribution in [0.2, 0.25) is 0 Å². The Morgan fingerprint density at radius 3 is 3.08 bits per heavy atom. The van der Waals surface area contributed by atoms with Crippen molar-refractivity contribution in [3.63, 3.8) is 0 Å². The molecule has 0 aromatic carbocycles. The van der Waals surface area contributed by atoms with E-state index >= 15 is 0 Å². The second kappa shape index (κ2) is 6.33. The number of pyridine rings is 1. The summed E-state index contributed by atoms with van der Waals surface area (Å²) in [5, 5.41) is 1.05. The van der Waals surface area contributed by atoms with E-state index in [0.29, 0.717) is 11.7 Å². The van der Waals surface area contributed by atoms with Gasteiger partial charge in [0.2, 0.25) is 5.69 Å². The monoisotopic (exact) mass is 397 g/mol. The van der Waals surface area contributed by atoms with Crippen molar-refractivity contribution in [2.24, 2.45) is 0 Å². The van der Waals surface area contributed by atoms with Crippen LogP contribution in [0.5, 0.6) is 0 Å². The van der Waals surface area contributed by atoms with E-state index in [4.69, 9.17) is 6.57 Å². The summed E-state index contributed by atoms with van der Waals surface area (Å²) in [6.07, 6.45) is 6.13. The van der Waals surface area contributed by atoms with Gasteiger partial charge in [-0.05, 0) is 34.5 Å². The van der Waals surface area contributed by atoms with Gasteiger partial charge in [0, 0.05) is 43.0 Å². The predicted molar refractivity (Wildman–Crippen MR) is 101 cm³/mol. The molecule has 0 unspecified atom stereocenters. The van der Waals surface area contributed by atoms with Gasteiger partial charge in [-0.3, -0.25) is 0 Å². The third kappa shape index (κ3) is 2.81. The number of nitrogens with zero attached hydrogens (tertiary/aromatic N) is 6. The molecular weight excluding hydrogens is 382 g/mol. The summed E-state index contributed by atoms with van der Waals surface area (Å²) in [5.41, 5.74) is 1.40. The molecule has 25 heavy (non-hydrogen) atoms. The number of hydrogen-bond acceptors (Lipinski definition) is 5. The Kier molecular flexibility index (Phi) is 4.01. The number of rotatable bonds is 3. The first-order valence-corrected chi connectivity index (χ1v) is 8.75. The molecule has 4 heterocycles. The number of anilines is 2. The Morgan fingerprint density at radius 2 is 2.28 bits per heavy atom. The molecule has 1 atom stereocenters. The number of aromatic amines is 1. The van der Waals surface area contributed by atoms with Crippen molar-refractivity contribution < 1.29 is 0 Å². The zero-order valence-electron chi connectivity index (χ0n) is 13.6. The van der Waals surface area contributed by atoms with Crippen LogP contribution in [0.1, 0.15) is 6.42 Å². The zero-order valence-corrected chi connectivity index (χ0v) is 15.2. The lowest BCUT2D eigenvalue weighted by Gasteiger charge is -2.27. The smallest absolute Gasteiger partial charge is 0.206 e. The molecule has 0 spiro atoms. The topological polar surface area (TPSA) is 65.3 Å². The van der Waals surface area contributed by atoms with Gasteiger partial charge in [0.05, 0.1) is 12.0 Å². The van der Waals surface area contributed by atoms with E-state index in [1.807, 2.05) is 25.4 Å². The summed E-state index contributed by atoms with van der Waals surface area (Å²) in [4.78, 5) is 24.2. The van der Waals surface area contributed by atoms with Crippen LogP contribution < -0.4 is 9.80 Å². The van der Waals surface area contributed by atoms with Crippen molar-refractivity contribution in [3.05, 3.63) is 46.7 Å². The minimum Gasteiger partial charge on any atom is -0.354 e. The molecule has 4 rings (SSSR count). The molecule has 126 valence electrons. The third-order valence-corrected chi connectivity index (χ3v) is 5.20.